The van der Waals surface area contributed by atoms with Gasteiger partial charge in [-0.1, -0.05) is 0 Å². The lowest BCUT2D eigenvalue weighted by Gasteiger charge is -2.36. The van der Waals surface area contributed by atoms with Crippen molar-refractivity contribution in [3.63, 3.8) is 0 Å². The van der Waals surface area contributed by atoms with Crippen molar-refractivity contribution in [2.24, 2.45) is 7.05 Å². The monoisotopic (exact) mass is 317 g/mol. The number of rotatable bonds is 5. The van der Waals surface area contributed by atoms with Crippen LogP contribution in [-0.4, -0.2) is 59.1 Å². The third kappa shape index (κ3) is 3.00. The second-order valence-corrected chi connectivity index (χ2v) is 5.67. The summed E-state index contributed by atoms with van der Waals surface area (Å²) in [5.41, 5.74) is 1.54. The number of aromatic carboxylic acids is 1. The highest BCUT2D eigenvalue weighted by molar-refractivity contribution is 5.87. The molecule has 0 aliphatic carbocycles. The van der Waals surface area contributed by atoms with Gasteiger partial charge in [-0.05, 0) is 31.3 Å². The number of hydrogen-bond donors (Lipinski definition) is 1. The molecule has 1 aliphatic rings. The van der Waals surface area contributed by atoms with E-state index < -0.39 is 5.97 Å². The zero-order valence-corrected chi connectivity index (χ0v) is 13.3. The summed E-state index contributed by atoms with van der Waals surface area (Å²) in [6.45, 7) is 1.79. The van der Waals surface area contributed by atoms with E-state index in [1.54, 1.807) is 24.9 Å². The van der Waals surface area contributed by atoms with Gasteiger partial charge in [-0.15, -0.1) is 0 Å². The van der Waals surface area contributed by atoms with Crippen LogP contribution in [0.4, 0.5) is 0 Å². The van der Waals surface area contributed by atoms with Crippen molar-refractivity contribution in [2.75, 3.05) is 27.2 Å². The minimum absolute atomic E-state index is 0.0132. The normalized spacial score (nSPS) is 15.3. The van der Waals surface area contributed by atoms with Crippen molar-refractivity contribution in [1.82, 2.24) is 14.7 Å². The molecule has 23 heavy (non-hydrogen) atoms. The Kier molecular flexibility index (Phi) is 3.96. The van der Waals surface area contributed by atoms with Crippen LogP contribution in [0, 0.1) is 0 Å². The van der Waals surface area contributed by atoms with E-state index >= 15 is 0 Å². The van der Waals surface area contributed by atoms with E-state index in [1.807, 2.05) is 25.2 Å². The lowest BCUT2D eigenvalue weighted by molar-refractivity contribution is 0.0370. The molecule has 1 fully saturated rings. The second kappa shape index (κ2) is 5.92. The Labute approximate surface area is 134 Å². The molecule has 1 saturated heterocycles. The van der Waals surface area contributed by atoms with Gasteiger partial charge in [0.05, 0.1) is 12.8 Å². The summed E-state index contributed by atoms with van der Waals surface area (Å²) < 4.78 is 12.9. The third-order valence-electron chi connectivity index (χ3n) is 3.88. The van der Waals surface area contributed by atoms with E-state index in [4.69, 9.17) is 14.6 Å². The molecule has 1 aromatic carbocycles. The molecule has 122 valence electrons. The summed E-state index contributed by atoms with van der Waals surface area (Å²) in [6, 6.07) is 7.10. The van der Waals surface area contributed by atoms with Crippen LogP contribution in [0.3, 0.4) is 0 Å². The lowest BCUT2D eigenvalue weighted by atomic mass is 10.1. The average molecular weight is 317 g/mol. The van der Waals surface area contributed by atoms with E-state index in [-0.39, 0.29) is 11.8 Å². The van der Waals surface area contributed by atoms with Crippen molar-refractivity contribution in [3.05, 3.63) is 30.0 Å². The molecule has 0 saturated carbocycles. The first-order valence-electron chi connectivity index (χ1n) is 7.29. The Bertz CT molecular complexity index is 735. The molecule has 2 heterocycles. The Morgan fingerprint density at radius 3 is 2.57 bits per heavy atom. The first kappa shape index (κ1) is 15.4. The summed E-state index contributed by atoms with van der Waals surface area (Å²) in [5.74, 6) is 0.262. The van der Waals surface area contributed by atoms with E-state index in [0.29, 0.717) is 17.2 Å². The maximum absolute atomic E-state index is 11.0. The molecule has 7 nitrogen and oxygen atoms in total. The average Bonchev–Trinajstić information content (AvgIpc) is 2.88. The van der Waals surface area contributed by atoms with Gasteiger partial charge < -0.3 is 14.6 Å². The fourth-order valence-corrected chi connectivity index (χ4v) is 2.66. The second-order valence-electron chi connectivity index (χ2n) is 5.67. The minimum atomic E-state index is -1.05. The number of likely N-dealkylation sites (N-methyl/N-ethyl adjacent to an activating group) is 1. The predicted octanol–water partition coefficient (Wildman–Crippen LogP) is 1.49. The van der Waals surface area contributed by atoms with Gasteiger partial charge in [-0.25, -0.2) is 4.79 Å². The van der Waals surface area contributed by atoms with Gasteiger partial charge in [0.2, 0.25) is 0 Å². The van der Waals surface area contributed by atoms with Gasteiger partial charge in [0, 0.05) is 25.7 Å². The fraction of sp³-hybridized carbons (Fsp3) is 0.375. The minimum Gasteiger partial charge on any atom is -0.493 e. The van der Waals surface area contributed by atoms with Crippen molar-refractivity contribution < 1.29 is 19.4 Å². The van der Waals surface area contributed by atoms with Crippen LogP contribution in [0.2, 0.25) is 0 Å². The number of likely N-dealkylation sites (tertiary alicyclic amines) is 1. The smallest absolute Gasteiger partial charge is 0.356 e. The number of nitrogens with zero attached hydrogens (tertiary/aromatic N) is 3. The van der Waals surface area contributed by atoms with Gasteiger partial charge in [0.15, 0.2) is 17.2 Å². The standard InChI is InChI=1S/C16H19N3O4/c1-18-8-11(9-18)23-14-5-4-10(6-15(14)22-3)13-7-12(16(20)21)17-19(13)2/h4-7,11H,8-9H2,1-3H3,(H,20,21). The first-order chi connectivity index (χ1) is 11.0. The maximum Gasteiger partial charge on any atom is 0.356 e. The van der Waals surface area contributed by atoms with Crippen LogP contribution < -0.4 is 9.47 Å². The van der Waals surface area contributed by atoms with Gasteiger partial charge in [-0.2, -0.15) is 5.10 Å². The van der Waals surface area contributed by atoms with Gasteiger partial charge in [-0.3, -0.25) is 9.58 Å². The van der Waals surface area contributed by atoms with Crippen molar-refractivity contribution >= 4 is 5.97 Å². The molecule has 0 unspecified atom stereocenters. The molecule has 0 bridgehead atoms. The van der Waals surface area contributed by atoms with Crippen LogP contribution in [0.5, 0.6) is 11.5 Å². The van der Waals surface area contributed by atoms with E-state index in [0.717, 1.165) is 18.7 Å². The molecule has 1 N–H and O–H groups in total. The zero-order chi connectivity index (χ0) is 16.6. The summed E-state index contributed by atoms with van der Waals surface area (Å²) >= 11 is 0. The Morgan fingerprint density at radius 2 is 2.00 bits per heavy atom. The van der Waals surface area contributed by atoms with Crippen molar-refractivity contribution in [2.45, 2.75) is 6.10 Å². The fourth-order valence-electron chi connectivity index (χ4n) is 2.66. The molecule has 0 amide bonds. The number of ether oxygens (including phenoxy) is 2. The Morgan fingerprint density at radius 1 is 1.26 bits per heavy atom. The zero-order valence-electron chi connectivity index (χ0n) is 13.3. The highest BCUT2D eigenvalue weighted by atomic mass is 16.5. The molecule has 7 heteroatoms. The number of hydrogen-bond acceptors (Lipinski definition) is 5. The van der Waals surface area contributed by atoms with Crippen LogP contribution in [0.25, 0.3) is 11.3 Å². The van der Waals surface area contributed by atoms with E-state index in [9.17, 15) is 4.79 Å². The first-order valence-corrected chi connectivity index (χ1v) is 7.29. The molecule has 1 aliphatic heterocycles. The predicted molar refractivity (Wildman–Crippen MR) is 84.1 cm³/mol. The van der Waals surface area contributed by atoms with Gasteiger partial charge in [0.25, 0.3) is 0 Å². The number of carboxylic acids is 1. The number of carbonyl (C=O) groups is 1. The number of carboxylic acid groups (broad SMARTS) is 1. The van der Waals surface area contributed by atoms with Crippen LogP contribution in [0.15, 0.2) is 24.3 Å². The number of aryl methyl sites for hydroxylation is 1. The summed E-state index contributed by atoms with van der Waals surface area (Å²) in [4.78, 5) is 13.2. The van der Waals surface area contributed by atoms with Gasteiger partial charge in [0.1, 0.15) is 6.10 Å². The van der Waals surface area contributed by atoms with E-state index in [2.05, 4.69) is 10.00 Å². The number of aromatic nitrogens is 2. The molecule has 1 aromatic heterocycles. The van der Waals surface area contributed by atoms with Crippen LogP contribution in [-0.2, 0) is 7.05 Å². The number of benzene rings is 1. The molecule has 2 aromatic rings. The Hall–Kier alpha value is -2.54. The molecule has 0 spiro atoms. The molecule has 0 radical (unpaired) electrons. The lowest BCUT2D eigenvalue weighted by Crippen LogP contribution is -2.51. The van der Waals surface area contributed by atoms with Crippen molar-refractivity contribution in [3.8, 4) is 22.8 Å². The topological polar surface area (TPSA) is 76.8 Å². The summed E-state index contributed by atoms with van der Waals surface area (Å²) in [6.07, 6.45) is 0.176. The molecule has 3 rings (SSSR count). The van der Waals surface area contributed by atoms with Gasteiger partial charge >= 0.3 is 5.97 Å². The number of methoxy groups -OCH3 is 1. The third-order valence-corrected chi connectivity index (χ3v) is 3.88. The maximum atomic E-state index is 11.0. The highest BCUT2D eigenvalue weighted by Crippen LogP contribution is 2.34. The Balaban J connectivity index is 1.88. The van der Waals surface area contributed by atoms with Crippen LogP contribution in [0.1, 0.15) is 10.5 Å². The summed E-state index contributed by atoms with van der Waals surface area (Å²) in [7, 11) is 5.34. The quantitative estimate of drug-likeness (QED) is 0.900. The largest absolute Gasteiger partial charge is 0.493 e. The molecular weight excluding hydrogens is 298 g/mol. The van der Waals surface area contributed by atoms with Crippen molar-refractivity contribution in [1.29, 1.82) is 0 Å². The SMILES string of the molecule is COc1cc(-c2cc(C(=O)O)nn2C)ccc1OC1CN(C)C1. The van der Waals surface area contributed by atoms with E-state index in [1.165, 1.54) is 0 Å². The highest BCUT2D eigenvalue weighted by Gasteiger charge is 2.26. The summed E-state index contributed by atoms with van der Waals surface area (Å²) in [5, 5.41) is 13.0. The molecular formula is C16H19N3O4. The molecule has 0 atom stereocenters. The van der Waals surface area contributed by atoms with Crippen LogP contribution >= 0.6 is 0 Å².